The summed E-state index contributed by atoms with van der Waals surface area (Å²) < 4.78 is 30.0. The topological polar surface area (TPSA) is 94.0 Å². The highest BCUT2D eigenvalue weighted by atomic mass is 19.1. The molecule has 0 fully saturated rings. The number of nitrogens with zero attached hydrogens (tertiary/aromatic N) is 1. The van der Waals surface area contributed by atoms with Gasteiger partial charge in [0.05, 0.1) is 18.4 Å². The predicted molar refractivity (Wildman–Crippen MR) is 132 cm³/mol. The lowest BCUT2D eigenvalue weighted by atomic mass is 9.93. The van der Waals surface area contributed by atoms with Gasteiger partial charge in [-0.25, -0.2) is 14.6 Å². The SMILES string of the molecule is Cc1ccc2c(CC(=O)N/N=C3\CCCc4oc(C(=O)Oc5ccc(F)cc5)c(C)c43)coc2c1C. The summed E-state index contributed by atoms with van der Waals surface area (Å²) in [6, 6.07) is 9.15. The number of rotatable bonds is 5. The number of amides is 1. The lowest BCUT2D eigenvalue weighted by molar-refractivity contribution is -0.120. The van der Waals surface area contributed by atoms with Crippen LogP contribution in [0.5, 0.6) is 5.75 Å². The molecule has 0 saturated carbocycles. The summed E-state index contributed by atoms with van der Waals surface area (Å²) in [5.41, 5.74) is 8.37. The number of nitrogens with one attached hydrogen (secondary N) is 1. The highest BCUT2D eigenvalue weighted by Crippen LogP contribution is 2.31. The molecule has 0 radical (unpaired) electrons. The fourth-order valence-electron chi connectivity index (χ4n) is 4.50. The molecule has 0 unspecified atom stereocenters. The van der Waals surface area contributed by atoms with Crippen molar-refractivity contribution in [2.24, 2.45) is 5.10 Å². The Labute approximate surface area is 206 Å². The minimum absolute atomic E-state index is 0.0702. The Morgan fingerprint density at radius 3 is 2.61 bits per heavy atom. The van der Waals surface area contributed by atoms with Crippen LogP contribution in [0.15, 0.2) is 56.6 Å². The predicted octanol–water partition coefficient (Wildman–Crippen LogP) is 5.71. The Hall–Kier alpha value is -4.20. The summed E-state index contributed by atoms with van der Waals surface area (Å²) >= 11 is 0. The summed E-state index contributed by atoms with van der Waals surface area (Å²) in [6.45, 7) is 5.77. The number of hydrogen-bond acceptors (Lipinski definition) is 6. The van der Waals surface area contributed by atoms with Crippen molar-refractivity contribution < 1.29 is 27.6 Å². The van der Waals surface area contributed by atoms with Crippen molar-refractivity contribution in [1.29, 1.82) is 0 Å². The van der Waals surface area contributed by atoms with Gasteiger partial charge in [-0.3, -0.25) is 4.79 Å². The van der Waals surface area contributed by atoms with Gasteiger partial charge in [0.2, 0.25) is 11.7 Å². The molecule has 5 rings (SSSR count). The summed E-state index contributed by atoms with van der Waals surface area (Å²) in [4.78, 5) is 25.4. The van der Waals surface area contributed by atoms with E-state index in [2.05, 4.69) is 10.5 Å². The molecule has 184 valence electrons. The molecule has 1 amide bonds. The van der Waals surface area contributed by atoms with E-state index in [1.54, 1.807) is 13.2 Å². The number of carbonyl (C=O) groups is 2. The molecule has 0 spiro atoms. The van der Waals surface area contributed by atoms with Crippen LogP contribution in [0.25, 0.3) is 11.0 Å². The number of esters is 1. The summed E-state index contributed by atoms with van der Waals surface area (Å²) in [5, 5.41) is 5.29. The van der Waals surface area contributed by atoms with Crippen LogP contribution in [0.2, 0.25) is 0 Å². The Morgan fingerprint density at radius 2 is 1.83 bits per heavy atom. The van der Waals surface area contributed by atoms with Gasteiger partial charge in [-0.15, -0.1) is 0 Å². The minimum atomic E-state index is -0.672. The number of ether oxygens (including phenoxy) is 1. The smallest absolute Gasteiger partial charge is 0.379 e. The van der Waals surface area contributed by atoms with Crippen LogP contribution < -0.4 is 10.2 Å². The van der Waals surface area contributed by atoms with Crippen LogP contribution in [0.3, 0.4) is 0 Å². The zero-order chi connectivity index (χ0) is 25.4. The first-order chi connectivity index (χ1) is 17.3. The van der Waals surface area contributed by atoms with Crippen LogP contribution >= 0.6 is 0 Å². The van der Waals surface area contributed by atoms with Crippen LogP contribution in [0.1, 0.15) is 57.0 Å². The first kappa shape index (κ1) is 23.5. The van der Waals surface area contributed by atoms with Gasteiger partial charge >= 0.3 is 5.97 Å². The monoisotopic (exact) mass is 488 g/mol. The zero-order valence-corrected chi connectivity index (χ0v) is 20.2. The molecule has 36 heavy (non-hydrogen) atoms. The lowest BCUT2D eigenvalue weighted by Crippen LogP contribution is -2.23. The molecule has 8 heteroatoms. The molecule has 2 aromatic carbocycles. The van der Waals surface area contributed by atoms with E-state index in [9.17, 15) is 14.0 Å². The number of halogens is 1. The molecule has 1 aliphatic rings. The second kappa shape index (κ2) is 9.45. The van der Waals surface area contributed by atoms with Crippen molar-refractivity contribution >= 4 is 28.6 Å². The maximum atomic E-state index is 13.1. The van der Waals surface area contributed by atoms with Crippen molar-refractivity contribution in [2.75, 3.05) is 0 Å². The molecule has 0 bridgehead atoms. The molecule has 2 heterocycles. The fourth-order valence-corrected chi connectivity index (χ4v) is 4.50. The first-order valence-electron chi connectivity index (χ1n) is 11.7. The Kier molecular flexibility index (Phi) is 6.18. The standard InChI is InChI=1S/C28H25FN2O5/c1-15-7-12-21-18(14-34-26(21)16(15)2)13-24(32)31-30-22-5-4-6-23-25(22)17(3)27(36-23)28(33)35-20-10-8-19(29)9-11-20/h7-12,14H,4-6,13H2,1-3H3,(H,31,32)/b30-22+. The average molecular weight is 489 g/mol. The molecule has 0 aliphatic heterocycles. The van der Waals surface area contributed by atoms with E-state index in [0.717, 1.165) is 34.1 Å². The number of fused-ring (bicyclic) bond motifs is 2. The van der Waals surface area contributed by atoms with Gasteiger partial charge in [0.25, 0.3) is 0 Å². The van der Waals surface area contributed by atoms with Gasteiger partial charge < -0.3 is 13.6 Å². The van der Waals surface area contributed by atoms with Crippen molar-refractivity contribution in [1.82, 2.24) is 5.43 Å². The number of benzene rings is 2. The third-order valence-corrected chi connectivity index (χ3v) is 6.54. The molecule has 7 nitrogen and oxygen atoms in total. The molecular formula is C28H25FN2O5. The lowest BCUT2D eigenvalue weighted by Gasteiger charge is -2.13. The zero-order valence-electron chi connectivity index (χ0n) is 20.2. The highest BCUT2D eigenvalue weighted by molar-refractivity contribution is 6.06. The summed E-state index contributed by atoms with van der Waals surface area (Å²) in [7, 11) is 0. The quantitative estimate of drug-likeness (QED) is 0.221. The largest absolute Gasteiger partial charge is 0.464 e. The van der Waals surface area contributed by atoms with Crippen molar-refractivity contribution in [3.05, 3.63) is 87.8 Å². The van der Waals surface area contributed by atoms with E-state index in [4.69, 9.17) is 13.6 Å². The van der Waals surface area contributed by atoms with E-state index >= 15 is 0 Å². The molecular weight excluding hydrogens is 463 g/mol. The van der Waals surface area contributed by atoms with Crippen LogP contribution in [0.4, 0.5) is 4.39 Å². The van der Waals surface area contributed by atoms with Crippen LogP contribution in [-0.2, 0) is 17.6 Å². The highest BCUT2D eigenvalue weighted by Gasteiger charge is 2.29. The van der Waals surface area contributed by atoms with Crippen LogP contribution in [-0.4, -0.2) is 17.6 Å². The van der Waals surface area contributed by atoms with Crippen molar-refractivity contribution in [3.8, 4) is 5.75 Å². The van der Waals surface area contributed by atoms with Gasteiger partial charge in [-0.1, -0.05) is 12.1 Å². The van der Waals surface area contributed by atoms with Crippen molar-refractivity contribution in [3.63, 3.8) is 0 Å². The van der Waals surface area contributed by atoms with Gasteiger partial charge in [0.1, 0.15) is 22.9 Å². The van der Waals surface area contributed by atoms with Gasteiger partial charge in [-0.2, -0.15) is 5.10 Å². The molecule has 1 aliphatic carbocycles. The van der Waals surface area contributed by atoms with Crippen LogP contribution in [0, 0.1) is 26.6 Å². The molecule has 0 atom stereocenters. The number of hydrazone groups is 1. The van der Waals surface area contributed by atoms with Crippen molar-refractivity contribution in [2.45, 2.75) is 46.5 Å². The minimum Gasteiger partial charge on any atom is -0.464 e. The van der Waals surface area contributed by atoms with E-state index < -0.39 is 11.8 Å². The fraction of sp³-hybridized carbons (Fsp3) is 0.250. The third-order valence-electron chi connectivity index (χ3n) is 6.54. The number of aryl methyl sites for hydroxylation is 3. The Morgan fingerprint density at radius 1 is 1.06 bits per heavy atom. The third kappa shape index (κ3) is 4.42. The van der Waals surface area contributed by atoms with E-state index in [1.807, 2.05) is 26.0 Å². The molecule has 1 N–H and O–H groups in total. The van der Waals surface area contributed by atoms with Gasteiger partial charge in [0.15, 0.2) is 0 Å². The summed E-state index contributed by atoms with van der Waals surface area (Å²) in [6.07, 6.45) is 3.78. The Bertz CT molecular complexity index is 1510. The number of carbonyl (C=O) groups excluding carboxylic acids is 2. The Balaban J connectivity index is 1.33. The summed E-state index contributed by atoms with van der Waals surface area (Å²) in [5.74, 6) is -0.450. The number of furan rings is 2. The maximum Gasteiger partial charge on any atom is 0.379 e. The van der Waals surface area contributed by atoms with Gasteiger partial charge in [-0.05, 0) is 69.0 Å². The molecule has 4 aromatic rings. The van der Waals surface area contributed by atoms with Gasteiger partial charge in [0, 0.05) is 28.5 Å². The second-order valence-corrected chi connectivity index (χ2v) is 8.97. The van der Waals surface area contributed by atoms with E-state index in [-0.39, 0.29) is 23.8 Å². The maximum absolute atomic E-state index is 13.1. The number of hydrogen-bond donors (Lipinski definition) is 1. The molecule has 0 saturated heterocycles. The first-order valence-corrected chi connectivity index (χ1v) is 11.7. The normalized spacial score (nSPS) is 14.2. The van der Waals surface area contributed by atoms with E-state index in [0.29, 0.717) is 35.4 Å². The second-order valence-electron chi connectivity index (χ2n) is 8.97. The molecule has 2 aromatic heterocycles. The average Bonchev–Trinajstić information content (AvgIpc) is 3.43. The van der Waals surface area contributed by atoms with E-state index in [1.165, 1.54) is 24.3 Å².